The number of hydrogen-bond donors (Lipinski definition) is 2. The van der Waals surface area contributed by atoms with Crippen molar-refractivity contribution >= 4 is 11.9 Å². The first kappa shape index (κ1) is 22.9. The molecule has 1 heterocycles. The molecule has 0 spiro atoms. The van der Waals surface area contributed by atoms with Crippen LogP contribution in [0.2, 0.25) is 0 Å². The fourth-order valence-corrected chi connectivity index (χ4v) is 4.30. The Hall–Kier alpha value is -2.76. The molecule has 2 N–H and O–H groups in total. The first-order valence-electron chi connectivity index (χ1n) is 11.1. The number of hydrogen-bond acceptors (Lipinski definition) is 5. The molecule has 0 fully saturated rings. The first-order valence-corrected chi connectivity index (χ1v) is 11.1. The average Bonchev–Trinajstić information content (AvgIpc) is 3.16. The fraction of sp³-hybridized carbons (Fsp3) is 0.520. The number of cyclic esters (lactones) is 1. The molecule has 1 aliphatic heterocycles. The molecule has 0 bridgehead atoms. The highest BCUT2D eigenvalue weighted by atomic mass is 16.5. The van der Waals surface area contributed by atoms with E-state index in [9.17, 15) is 14.7 Å². The topological polar surface area (TPSA) is 84.9 Å². The number of carbonyl (C=O) groups is 2. The Morgan fingerprint density at radius 2 is 2.13 bits per heavy atom. The molecule has 0 aromatic heterocycles. The number of nitrogens with one attached hydrogen (secondary N) is 1. The third-order valence-electron chi connectivity index (χ3n) is 6.20. The van der Waals surface area contributed by atoms with Crippen molar-refractivity contribution in [3.63, 3.8) is 0 Å². The summed E-state index contributed by atoms with van der Waals surface area (Å²) < 4.78 is 10.6. The zero-order valence-electron chi connectivity index (χ0n) is 18.8. The second-order valence-electron chi connectivity index (χ2n) is 8.38. The van der Waals surface area contributed by atoms with E-state index in [0.29, 0.717) is 42.7 Å². The predicted molar refractivity (Wildman–Crippen MR) is 119 cm³/mol. The van der Waals surface area contributed by atoms with Crippen LogP contribution in [-0.2, 0) is 22.6 Å². The second kappa shape index (κ2) is 10.5. The van der Waals surface area contributed by atoms with Crippen molar-refractivity contribution in [1.29, 1.82) is 0 Å². The molecule has 0 saturated carbocycles. The fourth-order valence-electron chi connectivity index (χ4n) is 4.30. The molecule has 6 nitrogen and oxygen atoms in total. The highest BCUT2D eigenvalue weighted by Gasteiger charge is 2.31. The van der Waals surface area contributed by atoms with Crippen molar-refractivity contribution in [2.45, 2.75) is 71.8 Å². The molecule has 0 radical (unpaired) electrons. The summed E-state index contributed by atoms with van der Waals surface area (Å²) in [5.74, 6) is 0.0636. The van der Waals surface area contributed by atoms with Crippen LogP contribution in [0.15, 0.2) is 23.3 Å². The van der Waals surface area contributed by atoms with Crippen molar-refractivity contribution in [3.05, 3.63) is 45.6 Å². The smallest absolute Gasteiger partial charge is 0.342 e. The molecule has 6 heteroatoms. The zero-order valence-corrected chi connectivity index (χ0v) is 18.8. The van der Waals surface area contributed by atoms with Crippen molar-refractivity contribution < 1.29 is 24.2 Å². The summed E-state index contributed by atoms with van der Waals surface area (Å²) in [5.41, 5.74) is 4.82. The van der Waals surface area contributed by atoms with Gasteiger partial charge in [-0.1, -0.05) is 23.3 Å². The lowest BCUT2D eigenvalue weighted by molar-refractivity contribution is -0.121. The Bertz CT molecular complexity index is 913. The number of methoxy groups -OCH3 is 1. The van der Waals surface area contributed by atoms with E-state index in [4.69, 9.17) is 9.47 Å². The lowest BCUT2D eigenvalue weighted by atomic mass is 9.94. The molecule has 0 atom stereocenters. The van der Waals surface area contributed by atoms with Gasteiger partial charge in [-0.25, -0.2) is 4.79 Å². The van der Waals surface area contributed by atoms with E-state index in [1.807, 2.05) is 19.9 Å². The second-order valence-corrected chi connectivity index (χ2v) is 8.38. The third-order valence-corrected chi connectivity index (χ3v) is 6.20. The van der Waals surface area contributed by atoms with Gasteiger partial charge < -0.3 is 19.9 Å². The van der Waals surface area contributed by atoms with Crippen LogP contribution < -0.4 is 10.1 Å². The highest BCUT2D eigenvalue weighted by Crippen LogP contribution is 2.42. The predicted octanol–water partition coefficient (Wildman–Crippen LogP) is 4.66. The van der Waals surface area contributed by atoms with Crippen LogP contribution in [0.1, 0.15) is 78.9 Å². The minimum absolute atomic E-state index is 0.0562. The summed E-state index contributed by atoms with van der Waals surface area (Å²) in [4.78, 5) is 24.2. The van der Waals surface area contributed by atoms with Crippen LogP contribution in [0.3, 0.4) is 0 Å². The van der Waals surface area contributed by atoms with E-state index < -0.39 is 5.97 Å². The number of aromatic hydroxyl groups is 1. The van der Waals surface area contributed by atoms with Gasteiger partial charge in [-0.15, -0.1) is 0 Å². The van der Waals surface area contributed by atoms with Crippen molar-refractivity contribution in [3.8, 4) is 11.5 Å². The Morgan fingerprint density at radius 3 is 2.84 bits per heavy atom. The number of benzene rings is 1. The van der Waals surface area contributed by atoms with Gasteiger partial charge >= 0.3 is 5.97 Å². The standard InChI is InChI=1S/C25H33NO5/c1-16(10-12-21(27)26-14-13-18-7-5-4-6-8-18)9-11-19-23(28)22-20(15-31-25(22)29)17(2)24(19)30-3/h7,9,28H,4-6,8,10-15H2,1-3H3,(H,26,27). The van der Waals surface area contributed by atoms with Gasteiger partial charge in [0.25, 0.3) is 0 Å². The summed E-state index contributed by atoms with van der Waals surface area (Å²) >= 11 is 0. The maximum absolute atomic E-state index is 12.2. The van der Waals surface area contributed by atoms with Crippen LogP contribution in [-0.4, -0.2) is 30.6 Å². The monoisotopic (exact) mass is 427 g/mol. The zero-order chi connectivity index (χ0) is 22.4. The van der Waals surface area contributed by atoms with E-state index in [0.717, 1.165) is 24.0 Å². The normalized spacial score (nSPS) is 15.9. The summed E-state index contributed by atoms with van der Waals surface area (Å²) in [7, 11) is 1.56. The van der Waals surface area contributed by atoms with E-state index >= 15 is 0 Å². The molecule has 2 aliphatic rings. The molecular weight excluding hydrogens is 394 g/mol. The lowest BCUT2D eigenvalue weighted by Crippen LogP contribution is -2.24. The number of esters is 1. The molecular formula is C25H33NO5. The summed E-state index contributed by atoms with van der Waals surface area (Å²) in [6.07, 6.45) is 11.6. The van der Waals surface area contributed by atoms with Gasteiger partial charge in [-0.2, -0.15) is 0 Å². The van der Waals surface area contributed by atoms with Gasteiger partial charge in [0.1, 0.15) is 23.7 Å². The van der Waals surface area contributed by atoms with Gasteiger partial charge in [0.15, 0.2) is 0 Å². The van der Waals surface area contributed by atoms with Crippen LogP contribution in [0.4, 0.5) is 0 Å². The molecule has 168 valence electrons. The van der Waals surface area contributed by atoms with Gasteiger partial charge in [0.2, 0.25) is 5.91 Å². The Balaban J connectivity index is 1.55. The van der Waals surface area contributed by atoms with Crippen LogP contribution in [0.25, 0.3) is 0 Å². The molecule has 31 heavy (non-hydrogen) atoms. The molecule has 3 rings (SSSR count). The lowest BCUT2D eigenvalue weighted by Gasteiger charge is -2.15. The molecule has 1 aromatic carbocycles. The van der Waals surface area contributed by atoms with E-state index in [-0.39, 0.29) is 23.8 Å². The largest absolute Gasteiger partial charge is 0.507 e. The number of rotatable bonds is 9. The van der Waals surface area contributed by atoms with Crippen molar-refractivity contribution in [2.75, 3.05) is 13.7 Å². The number of allylic oxidation sites excluding steroid dienone is 3. The SMILES string of the molecule is COc1c(C)c2c(c(O)c1CC=C(C)CCC(=O)NCCC1=CCCCC1)C(=O)OC2. The molecule has 1 aliphatic carbocycles. The van der Waals surface area contributed by atoms with Crippen molar-refractivity contribution in [2.24, 2.45) is 0 Å². The molecule has 0 unspecified atom stereocenters. The Morgan fingerprint density at radius 1 is 1.32 bits per heavy atom. The quantitative estimate of drug-likeness (QED) is 0.442. The van der Waals surface area contributed by atoms with Gasteiger partial charge in [0.05, 0.1) is 7.11 Å². The number of carbonyl (C=O) groups excluding carboxylic acids is 2. The summed E-state index contributed by atoms with van der Waals surface area (Å²) in [6, 6.07) is 0. The number of ether oxygens (including phenoxy) is 2. The minimum Gasteiger partial charge on any atom is -0.507 e. The third kappa shape index (κ3) is 5.49. The van der Waals surface area contributed by atoms with Crippen LogP contribution in [0, 0.1) is 6.92 Å². The maximum atomic E-state index is 12.2. The van der Waals surface area contributed by atoms with E-state index in [1.54, 1.807) is 7.11 Å². The minimum atomic E-state index is -0.499. The van der Waals surface area contributed by atoms with Crippen LogP contribution >= 0.6 is 0 Å². The van der Waals surface area contributed by atoms with Crippen molar-refractivity contribution in [1.82, 2.24) is 5.32 Å². The first-order chi connectivity index (χ1) is 14.9. The molecule has 1 amide bonds. The Labute approximate surface area is 184 Å². The Kier molecular flexibility index (Phi) is 7.77. The molecule has 1 aromatic rings. The maximum Gasteiger partial charge on any atom is 0.342 e. The van der Waals surface area contributed by atoms with E-state index in [2.05, 4.69) is 11.4 Å². The van der Waals surface area contributed by atoms with Gasteiger partial charge in [-0.05, 0) is 64.4 Å². The average molecular weight is 428 g/mol. The number of phenolic OH excluding ortho intramolecular Hbond substituents is 1. The van der Waals surface area contributed by atoms with Crippen LogP contribution in [0.5, 0.6) is 11.5 Å². The number of fused-ring (bicyclic) bond motifs is 1. The molecule has 0 saturated heterocycles. The number of amides is 1. The highest BCUT2D eigenvalue weighted by molar-refractivity contribution is 5.98. The summed E-state index contributed by atoms with van der Waals surface area (Å²) in [6.45, 7) is 4.69. The van der Waals surface area contributed by atoms with E-state index in [1.165, 1.54) is 24.8 Å². The van der Waals surface area contributed by atoms with Gasteiger partial charge in [0, 0.05) is 24.1 Å². The van der Waals surface area contributed by atoms with Gasteiger partial charge in [-0.3, -0.25) is 4.79 Å². The number of phenols is 1. The summed E-state index contributed by atoms with van der Waals surface area (Å²) in [5, 5.41) is 13.7.